The average molecular weight is 419 g/mol. The van der Waals surface area contributed by atoms with Crippen LogP contribution >= 0.6 is 0 Å². The number of carbonyl (C=O) groups is 1. The van der Waals surface area contributed by atoms with Crippen molar-refractivity contribution in [1.82, 2.24) is 24.6 Å². The van der Waals surface area contributed by atoms with Gasteiger partial charge in [-0.25, -0.2) is 14.1 Å². The van der Waals surface area contributed by atoms with Crippen molar-refractivity contribution in [3.05, 3.63) is 93.9 Å². The van der Waals surface area contributed by atoms with Gasteiger partial charge < -0.3 is 5.32 Å². The number of fused-ring (bicyclic) bond motifs is 1. The summed E-state index contributed by atoms with van der Waals surface area (Å²) in [5.41, 5.74) is 3.23. The predicted octanol–water partition coefficient (Wildman–Crippen LogP) is 2.45. The first kappa shape index (κ1) is 20.5. The molecule has 0 radical (unpaired) electrons. The summed E-state index contributed by atoms with van der Waals surface area (Å²) in [4.78, 5) is 29.3. The van der Waals surface area contributed by atoms with Gasteiger partial charge in [-0.2, -0.15) is 5.10 Å². The summed E-state index contributed by atoms with van der Waals surface area (Å²) in [6.07, 6.45) is 3.21. The molecule has 0 saturated heterocycles. The molecule has 4 aromatic rings. The summed E-state index contributed by atoms with van der Waals surface area (Å²) in [6.45, 7) is 3.17. The fraction of sp³-hybridized carbons (Fsp3) is 0.217. The number of aryl methyl sites for hydroxylation is 1. The minimum Gasteiger partial charge on any atom is -0.354 e. The van der Waals surface area contributed by atoms with Crippen molar-refractivity contribution in [3.63, 3.8) is 0 Å². The van der Waals surface area contributed by atoms with Gasteiger partial charge in [-0.1, -0.05) is 42.0 Å². The molecule has 2 aromatic heterocycles. The van der Waals surface area contributed by atoms with Gasteiger partial charge in [0, 0.05) is 6.54 Å². The third-order valence-electron chi connectivity index (χ3n) is 4.98. The lowest BCUT2D eigenvalue weighted by Gasteiger charge is -2.08. The molecule has 1 amide bonds. The van der Waals surface area contributed by atoms with Crippen LogP contribution in [0.5, 0.6) is 0 Å². The van der Waals surface area contributed by atoms with Gasteiger partial charge >= 0.3 is 0 Å². The zero-order valence-corrected chi connectivity index (χ0v) is 17.1. The standard InChI is InChI=1S/C23H22FN5O2/c1-16-3-2-4-18(11-16)14-28-15-26-22-20(23(28)31)13-27-29(22)10-9-25-21(30)12-17-5-7-19(24)8-6-17/h2-8,11,13,15H,9-10,12,14H2,1H3,(H,25,30). The van der Waals surface area contributed by atoms with E-state index >= 15 is 0 Å². The van der Waals surface area contributed by atoms with E-state index in [0.717, 1.165) is 16.7 Å². The Balaban J connectivity index is 1.40. The molecule has 8 heteroatoms. The maximum Gasteiger partial charge on any atom is 0.264 e. The average Bonchev–Trinajstić information content (AvgIpc) is 3.16. The number of benzene rings is 2. The fourth-order valence-electron chi connectivity index (χ4n) is 3.43. The van der Waals surface area contributed by atoms with E-state index < -0.39 is 0 Å². The second-order valence-electron chi connectivity index (χ2n) is 7.42. The van der Waals surface area contributed by atoms with E-state index in [-0.39, 0.29) is 23.7 Å². The lowest BCUT2D eigenvalue weighted by atomic mass is 10.1. The molecule has 0 aliphatic heterocycles. The van der Waals surface area contributed by atoms with Crippen LogP contribution in [0.2, 0.25) is 0 Å². The Morgan fingerprint density at radius 1 is 1.13 bits per heavy atom. The lowest BCUT2D eigenvalue weighted by molar-refractivity contribution is -0.120. The molecule has 0 fully saturated rings. The highest BCUT2D eigenvalue weighted by atomic mass is 19.1. The van der Waals surface area contributed by atoms with E-state index in [9.17, 15) is 14.0 Å². The van der Waals surface area contributed by atoms with Gasteiger partial charge in [0.1, 0.15) is 17.5 Å². The van der Waals surface area contributed by atoms with Gasteiger partial charge in [-0.05, 0) is 30.2 Å². The summed E-state index contributed by atoms with van der Waals surface area (Å²) >= 11 is 0. The molecule has 0 aliphatic carbocycles. The summed E-state index contributed by atoms with van der Waals surface area (Å²) in [5.74, 6) is -0.503. The van der Waals surface area contributed by atoms with Crippen molar-refractivity contribution in [3.8, 4) is 0 Å². The number of hydrogen-bond acceptors (Lipinski definition) is 4. The topological polar surface area (TPSA) is 81.8 Å². The maximum absolute atomic E-state index is 13.0. The zero-order valence-electron chi connectivity index (χ0n) is 17.1. The highest BCUT2D eigenvalue weighted by Crippen LogP contribution is 2.09. The molecule has 1 N–H and O–H groups in total. The monoisotopic (exact) mass is 419 g/mol. The molecular weight excluding hydrogens is 397 g/mol. The maximum atomic E-state index is 13.0. The Hall–Kier alpha value is -3.81. The number of rotatable bonds is 7. The summed E-state index contributed by atoms with van der Waals surface area (Å²) < 4.78 is 16.1. The second kappa shape index (κ2) is 8.91. The molecule has 0 saturated carbocycles. The van der Waals surface area contributed by atoms with Gasteiger partial charge in [0.15, 0.2) is 5.65 Å². The van der Waals surface area contributed by atoms with Crippen molar-refractivity contribution in [2.45, 2.75) is 26.4 Å². The second-order valence-corrected chi connectivity index (χ2v) is 7.42. The Bertz CT molecular complexity index is 1280. The predicted molar refractivity (Wildman–Crippen MR) is 115 cm³/mol. The van der Waals surface area contributed by atoms with Crippen molar-refractivity contribution < 1.29 is 9.18 Å². The zero-order chi connectivity index (χ0) is 21.8. The van der Waals surface area contributed by atoms with Crippen LogP contribution in [0.4, 0.5) is 4.39 Å². The van der Waals surface area contributed by atoms with Crippen molar-refractivity contribution >= 4 is 16.9 Å². The van der Waals surface area contributed by atoms with E-state index in [1.165, 1.54) is 24.7 Å². The van der Waals surface area contributed by atoms with E-state index in [1.807, 2.05) is 31.2 Å². The van der Waals surface area contributed by atoms with E-state index in [1.54, 1.807) is 21.4 Å². The quantitative estimate of drug-likeness (QED) is 0.499. The van der Waals surface area contributed by atoms with Gasteiger partial charge in [0.05, 0.1) is 25.7 Å². The number of halogens is 1. The lowest BCUT2D eigenvalue weighted by Crippen LogP contribution is -2.29. The molecule has 2 aromatic carbocycles. The largest absolute Gasteiger partial charge is 0.354 e. The van der Waals surface area contributed by atoms with Gasteiger partial charge in [0.2, 0.25) is 5.91 Å². The molecule has 0 aliphatic rings. The van der Waals surface area contributed by atoms with Crippen LogP contribution in [-0.2, 0) is 24.3 Å². The number of aromatic nitrogens is 4. The van der Waals surface area contributed by atoms with Gasteiger partial charge in [-0.15, -0.1) is 0 Å². The molecule has 31 heavy (non-hydrogen) atoms. The molecule has 7 nitrogen and oxygen atoms in total. The van der Waals surface area contributed by atoms with Crippen LogP contribution in [0.1, 0.15) is 16.7 Å². The Morgan fingerprint density at radius 2 is 1.94 bits per heavy atom. The van der Waals surface area contributed by atoms with Crippen LogP contribution in [0, 0.1) is 12.7 Å². The summed E-state index contributed by atoms with van der Waals surface area (Å²) in [6, 6.07) is 13.8. The first-order chi connectivity index (χ1) is 15.0. The first-order valence-corrected chi connectivity index (χ1v) is 9.97. The van der Waals surface area contributed by atoms with Crippen LogP contribution in [0.3, 0.4) is 0 Å². The highest BCUT2D eigenvalue weighted by Gasteiger charge is 2.11. The number of amides is 1. The molecule has 4 rings (SSSR count). The highest BCUT2D eigenvalue weighted by molar-refractivity contribution is 5.78. The molecular formula is C23H22FN5O2. The van der Waals surface area contributed by atoms with Crippen LogP contribution in [-0.4, -0.2) is 31.8 Å². The molecule has 0 bridgehead atoms. The van der Waals surface area contributed by atoms with Crippen molar-refractivity contribution in [2.24, 2.45) is 0 Å². The number of nitrogens with one attached hydrogen (secondary N) is 1. The van der Waals surface area contributed by atoms with Crippen molar-refractivity contribution in [1.29, 1.82) is 0 Å². The first-order valence-electron chi connectivity index (χ1n) is 9.97. The SMILES string of the molecule is Cc1cccc(Cn2cnc3c(cnn3CCNC(=O)Cc3ccc(F)cc3)c2=O)c1. The third kappa shape index (κ3) is 4.85. The smallest absolute Gasteiger partial charge is 0.264 e. The Morgan fingerprint density at radius 3 is 2.71 bits per heavy atom. The van der Waals surface area contributed by atoms with Crippen molar-refractivity contribution in [2.75, 3.05) is 6.54 Å². The summed E-state index contributed by atoms with van der Waals surface area (Å²) in [5, 5.41) is 7.50. The number of carbonyl (C=O) groups excluding carboxylic acids is 1. The van der Waals surface area contributed by atoms with Crippen LogP contribution in [0.25, 0.3) is 11.0 Å². The normalized spacial score (nSPS) is 11.0. The Labute approximate surface area is 178 Å². The van der Waals surface area contributed by atoms with E-state index in [0.29, 0.717) is 30.7 Å². The van der Waals surface area contributed by atoms with Crippen LogP contribution in [0.15, 0.2) is 65.8 Å². The molecule has 0 spiro atoms. The fourth-order valence-corrected chi connectivity index (χ4v) is 3.43. The Kier molecular flexibility index (Phi) is 5.88. The minimum atomic E-state index is -0.333. The van der Waals surface area contributed by atoms with E-state index in [2.05, 4.69) is 15.4 Å². The van der Waals surface area contributed by atoms with Gasteiger partial charge in [-0.3, -0.25) is 14.2 Å². The van der Waals surface area contributed by atoms with Crippen LogP contribution < -0.4 is 10.9 Å². The summed E-state index contributed by atoms with van der Waals surface area (Å²) in [7, 11) is 0. The number of nitrogens with zero attached hydrogens (tertiary/aromatic N) is 4. The number of hydrogen-bond donors (Lipinski definition) is 1. The molecule has 2 heterocycles. The molecule has 0 atom stereocenters. The van der Waals surface area contributed by atoms with E-state index in [4.69, 9.17) is 0 Å². The minimum absolute atomic E-state index is 0.155. The van der Waals surface area contributed by atoms with Gasteiger partial charge in [0.25, 0.3) is 5.56 Å². The third-order valence-corrected chi connectivity index (χ3v) is 4.98. The molecule has 158 valence electrons. The molecule has 0 unspecified atom stereocenters.